The van der Waals surface area contributed by atoms with Gasteiger partial charge < -0.3 is 0 Å². The third-order valence-corrected chi connectivity index (χ3v) is 11.5. The van der Waals surface area contributed by atoms with Gasteiger partial charge in [0.15, 0.2) is 0 Å². The Hall–Kier alpha value is -4.76. The van der Waals surface area contributed by atoms with Gasteiger partial charge in [-0.05, 0) is 125 Å². The Labute approximate surface area is 278 Å². The predicted octanol–water partition coefficient (Wildman–Crippen LogP) is 13.9. The van der Waals surface area contributed by atoms with Crippen molar-refractivity contribution in [2.45, 2.75) is 27.2 Å². The zero-order valence-corrected chi connectivity index (χ0v) is 28.0. The second kappa shape index (κ2) is 11.2. The Kier molecular flexibility index (Phi) is 7.01. The summed E-state index contributed by atoms with van der Waals surface area (Å²) in [5.74, 6) is 0. The quantitative estimate of drug-likeness (QED) is 0.167. The summed E-state index contributed by atoms with van der Waals surface area (Å²) in [5.41, 5.74) is 9.89. The molecule has 2 heteroatoms. The van der Waals surface area contributed by atoms with Crippen LogP contribution in [0.1, 0.15) is 46.0 Å². The van der Waals surface area contributed by atoms with Crippen LogP contribution in [-0.4, -0.2) is 0 Å². The number of thiophene rings is 2. The van der Waals surface area contributed by atoms with Crippen LogP contribution >= 0.6 is 22.7 Å². The lowest BCUT2D eigenvalue weighted by molar-refractivity contribution is 1.23. The minimum Gasteiger partial charge on any atom is -0.135 e. The lowest BCUT2D eigenvalue weighted by Crippen LogP contribution is -1.86. The summed E-state index contributed by atoms with van der Waals surface area (Å²) < 4.78 is 3.97. The zero-order chi connectivity index (χ0) is 31.5. The van der Waals surface area contributed by atoms with Gasteiger partial charge in [0.05, 0.1) is 0 Å². The molecule has 0 N–H and O–H groups in total. The molecule has 8 rings (SSSR count). The standard InChI is InChI=1S/C44H34S2/c1-6-41-37(19-30-11-7-26(2)8-12-30)39-23-34-16-15-31(20-36(34)25-43(39)45-41)28(4)10-14-32-21-38-40-22-33-13-9-27(3)17-35(33)24-44(40)46-42(38)18-29(32)5/h6-11,13-25H,1,4,12H2,2-3,5H3/b14-10-,30-19-. The summed E-state index contributed by atoms with van der Waals surface area (Å²) in [6, 6.07) is 27.5. The van der Waals surface area contributed by atoms with Crippen molar-refractivity contribution in [2.75, 3.05) is 0 Å². The van der Waals surface area contributed by atoms with Crippen molar-refractivity contribution >= 4 is 98.3 Å². The van der Waals surface area contributed by atoms with Gasteiger partial charge in [-0.15, -0.1) is 22.7 Å². The molecular formula is C44H34S2. The number of aryl methyl sites for hydroxylation is 2. The molecule has 0 spiro atoms. The molecule has 0 amide bonds. The highest BCUT2D eigenvalue weighted by atomic mass is 32.1. The van der Waals surface area contributed by atoms with E-state index in [4.69, 9.17) is 0 Å². The maximum absolute atomic E-state index is 4.47. The van der Waals surface area contributed by atoms with Crippen molar-refractivity contribution in [2.24, 2.45) is 0 Å². The van der Waals surface area contributed by atoms with Crippen molar-refractivity contribution in [1.82, 2.24) is 0 Å². The molecule has 0 saturated carbocycles. The van der Waals surface area contributed by atoms with Crippen LogP contribution in [0.25, 0.3) is 75.6 Å². The average Bonchev–Trinajstić information content (AvgIpc) is 3.57. The molecular weight excluding hydrogens is 593 g/mol. The molecule has 5 aromatic carbocycles. The van der Waals surface area contributed by atoms with E-state index in [0.717, 1.165) is 17.6 Å². The smallest absolute Gasteiger partial charge is 0.0361 e. The molecule has 1 aliphatic rings. The molecule has 0 aliphatic heterocycles. The van der Waals surface area contributed by atoms with Gasteiger partial charge in [-0.3, -0.25) is 0 Å². The summed E-state index contributed by atoms with van der Waals surface area (Å²) >= 11 is 3.70. The molecule has 7 aromatic rings. The highest BCUT2D eigenvalue weighted by molar-refractivity contribution is 7.26. The molecule has 0 saturated heterocycles. The minimum atomic E-state index is 0.969. The van der Waals surface area contributed by atoms with Gasteiger partial charge in [-0.1, -0.05) is 91.1 Å². The van der Waals surface area contributed by atoms with Gasteiger partial charge in [-0.25, -0.2) is 0 Å². The molecule has 0 bridgehead atoms. The van der Waals surface area contributed by atoms with Crippen LogP contribution in [0.2, 0.25) is 0 Å². The summed E-state index contributed by atoms with van der Waals surface area (Å²) in [5, 5.41) is 9.03. The van der Waals surface area contributed by atoms with E-state index in [-0.39, 0.29) is 0 Å². The van der Waals surface area contributed by atoms with Gasteiger partial charge in [0, 0.05) is 40.7 Å². The van der Waals surface area contributed by atoms with E-state index < -0.39 is 0 Å². The summed E-state index contributed by atoms with van der Waals surface area (Å²) in [4.78, 5) is 1.22. The predicted molar refractivity (Wildman–Crippen MR) is 209 cm³/mol. The van der Waals surface area contributed by atoms with Crippen molar-refractivity contribution in [1.29, 1.82) is 0 Å². The molecule has 0 unspecified atom stereocenters. The van der Waals surface area contributed by atoms with Crippen LogP contribution in [0.3, 0.4) is 0 Å². The monoisotopic (exact) mass is 626 g/mol. The number of rotatable bonds is 5. The van der Waals surface area contributed by atoms with Gasteiger partial charge in [0.2, 0.25) is 0 Å². The highest BCUT2D eigenvalue weighted by Gasteiger charge is 2.13. The Balaban J connectivity index is 1.12. The minimum absolute atomic E-state index is 0.969. The molecule has 0 nitrogen and oxygen atoms in total. The van der Waals surface area contributed by atoms with Crippen LogP contribution < -0.4 is 0 Å². The van der Waals surface area contributed by atoms with E-state index >= 15 is 0 Å². The van der Waals surface area contributed by atoms with E-state index in [1.54, 1.807) is 0 Å². The van der Waals surface area contributed by atoms with Crippen molar-refractivity contribution < 1.29 is 0 Å². The van der Waals surface area contributed by atoms with Gasteiger partial charge >= 0.3 is 0 Å². The van der Waals surface area contributed by atoms with Crippen molar-refractivity contribution in [3.63, 3.8) is 0 Å². The van der Waals surface area contributed by atoms with Crippen LogP contribution in [0, 0.1) is 13.8 Å². The summed E-state index contributed by atoms with van der Waals surface area (Å²) in [6.07, 6.45) is 16.4. The maximum atomic E-state index is 4.47. The summed E-state index contributed by atoms with van der Waals surface area (Å²) in [6.45, 7) is 15.1. The Morgan fingerprint density at radius 1 is 0.717 bits per heavy atom. The highest BCUT2D eigenvalue weighted by Crippen LogP contribution is 2.40. The lowest BCUT2D eigenvalue weighted by atomic mass is 9.97. The number of allylic oxidation sites excluding steroid dienone is 7. The maximum Gasteiger partial charge on any atom is 0.0361 e. The van der Waals surface area contributed by atoms with E-state index in [9.17, 15) is 0 Å². The Morgan fingerprint density at radius 3 is 2.22 bits per heavy atom. The first-order chi connectivity index (χ1) is 22.3. The molecule has 2 aromatic heterocycles. The zero-order valence-electron chi connectivity index (χ0n) is 26.4. The molecule has 46 heavy (non-hydrogen) atoms. The normalized spacial score (nSPS) is 14.5. The number of benzene rings is 5. The third kappa shape index (κ3) is 5.08. The molecule has 0 radical (unpaired) electrons. The van der Waals surface area contributed by atoms with E-state index in [1.165, 1.54) is 90.1 Å². The lowest BCUT2D eigenvalue weighted by Gasteiger charge is -2.07. The molecule has 0 atom stereocenters. The van der Waals surface area contributed by atoms with Crippen LogP contribution in [0.4, 0.5) is 0 Å². The summed E-state index contributed by atoms with van der Waals surface area (Å²) in [7, 11) is 0. The second-order valence-electron chi connectivity index (χ2n) is 12.6. The third-order valence-electron chi connectivity index (χ3n) is 9.26. The average molecular weight is 627 g/mol. The fourth-order valence-corrected chi connectivity index (χ4v) is 8.87. The van der Waals surface area contributed by atoms with E-state index in [2.05, 4.69) is 143 Å². The molecule has 1 aliphatic carbocycles. The first-order valence-electron chi connectivity index (χ1n) is 15.8. The number of fused-ring (bicyclic) bond motifs is 6. The van der Waals surface area contributed by atoms with Crippen LogP contribution in [-0.2, 0) is 0 Å². The Morgan fingerprint density at radius 2 is 1.43 bits per heavy atom. The number of hydrogen-bond acceptors (Lipinski definition) is 2. The van der Waals surface area contributed by atoms with Crippen LogP contribution in [0.5, 0.6) is 0 Å². The fraction of sp³-hybridized carbons (Fsp3) is 0.0909. The van der Waals surface area contributed by atoms with Gasteiger partial charge in [0.1, 0.15) is 0 Å². The van der Waals surface area contributed by atoms with E-state index in [1.807, 2.05) is 28.7 Å². The SMILES string of the molecule is C=Cc1sc2cc3cc(C(=C)/C=C\c4cc5c(cc4C)sc4cc6cc(C)ccc6cc45)ccc3cc2c1/C=C1/C=CC(C)=CC1. The number of hydrogen-bond donors (Lipinski definition) is 0. The molecule has 0 fully saturated rings. The largest absolute Gasteiger partial charge is 0.135 e. The van der Waals surface area contributed by atoms with E-state index in [0.29, 0.717) is 0 Å². The van der Waals surface area contributed by atoms with Crippen LogP contribution in [0.15, 0.2) is 121 Å². The Bertz CT molecular complexity index is 2550. The first-order valence-corrected chi connectivity index (χ1v) is 17.4. The fourth-order valence-electron chi connectivity index (χ4n) is 6.59. The van der Waals surface area contributed by atoms with Gasteiger partial charge in [-0.2, -0.15) is 0 Å². The first kappa shape index (κ1) is 28.7. The second-order valence-corrected chi connectivity index (χ2v) is 14.7. The van der Waals surface area contributed by atoms with Crippen molar-refractivity contribution in [3.05, 3.63) is 154 Å². The molecule has 222 valence electrons. The topological polar surface area (TPSA) is 0 Å². The molecule has 2 heterocycles. The van der Waals surface area contributed by atoms with Gasteiger partial charge in [0.25, 0.3) is 0 Å². The van der Waals surface area contributed by atoms with Crippen molar-refractivity contribution in [3.8, 4) is 0 Å².